The van der Waals surface area contributed by atoms with Crippen LogP contribution in [0.15, 0.2) is 36.4 Å². The van der Waals surface area contributed by atoms with Crippen LogP contribution in [0.2, 0.25) is 0 Å². The molecule has 2 aliphatic heterocycles. The summed E-state index contributed by atoms with van der Waals surface area (Å²) < 4.78 is 6.28. The van der Waals surface area contributed by atoms with E-state index in [-0.39, 0.29) is 18.1 Å². The monoisotopic (exact) mass is 399 g/mol. The molecule has 152 valence electrons. The Balaban J connectivity index is 1.39. The summed E-state index contributed by atoms with van der Waals surface area (Å²) in [6.45, 7) is 8.58. The van der Waals surface area contributed by atoms with E-state index in [1.807, 2.05) is 38.1 Å². The SMILES string of the molecule is Cc1cc2c(cc1C)[C@H]1O[C@@H]2c2ccc(C(=O)NCc3c(C)cc(N)nc3C)cc21. The third kappa shape index (κ3) is 2.81. The molecule has 0 saturated carbocycles. The number of hydrogen-bond acceptors (Lipinski definition) is 4. The molecule has 5 nitrogen and oxygen atoms in total. The highest BCUT2D eigenvalue weighted by atomic mass is 16.5. The van der Waals surface area contributed by atoms with Crippen molar-refractivity contribution in [2.24, 2.45) is 0 Å². The predicted molar refractivity (Wildman–Crippen MR) is 116 cm³/mol. The highest BCUT2D eigenvalue weighted by molar-refractivity contribution is 5.94. The van der Waals surface area contributed by atoms with Crippen LogP contribution < -0.4 is 11.1 Å². The van der Waals surface area contributed by atoms with Crippen molar-refractivity contribution in [2.75, 3.05) is 5.73 Å². The quantitative estimate of drug-likeness (QED) is 0.686. The number of nitrogens with one attached hydrogen (secondary N) is 1. The van der Waals surface area contributed by atoms with E-state index in [2.05, 4.69) is 36.3 Å². The summed E-state index contributed by atoms with van der Waals surface area (Å²) in [5.41, 5.74) is 16.6. The number of nitrogens with zero attached hydrogens (tertiary/aromatic N) is 1. The smallest absolute Gasteiger partial charge is 0.251 e. The lowest BCUT2D eigenvalue weighted by Crippen LogP contribution is -2.24. The lowest BCUT2D eigenvalue weighted by molar-refractivity contribution is 0.0857. The Morgan fingerprint density at radius 3 is 2.23 bits per heavy atom. The van der Waals surface area contributed by atoms with E-state index in [1.165, 1.54) is 27.8 Å². The van der Waals surface area contributed by atoms with Gasteiger partial charge in [-0.1, -0.05) is 18.2 Å². The molecule has 5 rings (SSSR count). The molecule has 2 aromatic carbocycles. The first kappa shape index (κ1) is 18.8. The number of aromatic nitrogens is 1. The molecule has 0 fully saturated rings. The Morgan fingerprint density at radius 1 is 0.933 bits per heavy atom. The molecule has 2 aliphatic rings. The Morgan fingerprint density at radius 2 is 1.57 bits per heavy atom. The molecule has 3 N–H and O–H groups in total. The van der Waals surface area contributed by atoms with Crippen LogP contribution in [0.4, 0.5) is 5.82 Å². The van der Waals surface area contributed by atoms with Crippen LogP contribution in [-0.2, 0) is 11.3 Å². The van der Waals surface area contributed by atoms with Crippen LogP contribution in [0.5, 0.6) is 0 Å². The molecule has 30 heavy (non-hydrogen) atoms. The van der Waals surface area contributed by atoms with Crippen LogP contribution in [0.3, 0.4) is 0 Å². The van der Waals surface area contributed by atoms with Gasteiger partial charge in [-0.15, -0.1) is 0 Å². The minimum Gasteiger partial charge on any atom is -0.384 e. The molecule has 5 heteroatoms. The molecule has 0 spiro atoms. The van der Waals surface area contributed by atoms with Crippen molar-refractivity contribution < 1.29 is 9.53 Å². The Labute approximate surface area is 176 Å². The summed E-state index contributed by atoms with van der Waals surface area (Å²) in [6, 6.07) is 12.2. The number of carbonyl (C=O) groups is 1. The van der Waals surface area contributed by atoms with E-state index in [1.54, 1.807) is 0 Å². The van der Waals surface area contributed by atoms with Crippen molar-refractivity contribution in [2.45, 2.75) is 46.4 Å². The number of aryl methyl sites for hydroxylation is 4. The van der Waals surface area contributed by atoms with Gasteiger partial charge in [0.15, 0.2) is 0 Å². The maximum absolute atomic E-state index is 12.9. The van der Waals surface area contributed by atoms with Gasteiger partial charge >= 0.3 is 0 Å². The van der Waals surface area contributed by atoms with Crippen molar-refractivity contribution in [1.82, 2.24) is 10.3 Å². The molecule has 1 amide bonds. The minimum atomic E-state index is -0.100. The third-order valence-electron chi connectivity index (χ3n) is 6.45. The average Bonchev–Trinajstić information content (AvgIpc) is 3.24. The number of anilines is 1. The topological polar surface area (TPSA) is 77.2 Å². The zero-order valence-corrected chi connectivity index (χ0v) is 17.7. The highest BCUT2D eigenvalue weighted by Gasteiger charge is 2.43. The Hall–Kier alpha value is -3.18. The van der Waals surface area contributed by atoms with Gasteiger partial charge in [0.2, 0.25) is 0 Å². The number of nitrogen functional groups attached to an aromatic ring is 1. The van der Waals surface area contributed by atoms with E-state index in [4.69, 9.17) is 10.5 Å². The van der Waals surface area contributed by atoms with Gasteiger partial charge in [-0.3, -0.25) is 4.79 Å². The number of amides is 1. The van der Waals surface area contributed by atoms with Crippen molar-refractivity contribution >= 4 is 11.7 Å². The van der Waals surface area contributed by atoms with Gasteiger partial charge in [-0.25, -0.2) is 4.98 Å². The number of fused-ring (bicyclic) bond motifs is 8. The second-order valence-electron chi connectivity index (χ2n) is 8.42. The fourth-order valence-electron chi connectivity index (χ4n) is 4.69. The summed E-state index contributed by atoms with van der Waals surface area (Å²) in [4.78, 5) is 17.2. The number of pyridine rings is 1. The van der Waals surface area contributed by atoms with Crippen LogP contribution in [-0.4, -0.2) is 10.9 Å². The predicted octanol–water partition coefficient (Wildman–Crippen LogP) is 4.35. The highest BCUT2D eigenvalue weighted by Crippen LogP contribution is 2.54. The van der Waals surface area contributed by atoms with E-state index < -0.39 is 0 Å². The van der Waals surface area contributed by atoms with Crippen LogP contribution in [0.1, 0.15) is 72.8 Å². The van der Waals surface area contributed by atoms with Gasteiger partial charge in [0.25, 0.3) is 5.91 Å². The fraction of sp³-hybridized carbons (Fsp3) is 0.280. The van der Waals surface area contributed by atoms with Gasteiger partial charge in [0.1, 0.15) is 18.0 Å². The number of benzene rings is 2. The molecule has 3 heterocycles. The Kier molecular flexibility index (Phi) is 4.19. The maximum Gasteiger partial charge on any atom is 0.251 e. The maximum atomic E-state index is 12.9. The van der Waals surface area contributed by atoms with E-state index in [0.29, 0.717) is 17.9 Å². The van der Waals surface area contributed by atoms with E-state index in [0.717, 1.165) is 22.4 Å². The summed E-state index contributed by atoms with van der Waals surface area (Å²) in [5, 5.41) is 3.03. The molecule has 3 aromatic rings. The number of hydrogen-bond donors (Lipinski definition) is 2. The van der Waals surface area contributed by atoms with Crippen molar-refractivity contribution in [3.63, 3.8) is 0 Å². The lowest BCUT2D eigenvalue weighted by atomic mass is 9.83. The van der Waals surface area contributed by atoms with Gasteiger partial charge in [-0.2, -0.15) is 0 Å². The van der Waals surface area contributed by atoms with E-state index in [9.17, 15) is 4.79 Å². The molecular formula is C25H25N3O2. The zero-order chi connectivity index (χ0) is 21.2. The first-order valence-corrected chi connectivity index (χ1v) is 10.2. The number of carbonyl (C=O) groups excluding carboxylic acids is 1. The molecule has 0 radical (unpaired) electrons. The first-order valence-electron chi connectivity index (χ1n) is 10.2. The van der Waals surface area contributed by atoms with Gasteiger partial charge in [-0.05, 0) is 90.4 Å². The third-order valence-corrected chi connectivity index (χ3v) is 6.45. The molecule has 2 atom stereocenters. The van der Waals surface area contributed by atoms with Crippen LogP contribution in [0, 0.1) is 27.7 Å². The Bertz CT molecular complexity index is 1190. The molecule has 0 unspecified atom stereocenters. The second-order valence-corrected chi connectivity index (χ2v) is 8.42. The fourth-order valence-corrected chi connectivity index (χ4v) is 4.69. The second kappa shape index (κ2) is 6.67. The van der Waals surface area contributed by atoms with E-state index >= 15 is 0 Å². The van der Waals surface area contributed by atoms with Crippen molar-refractivity contribution in [1.29, 1.82) is 0 Å². The van der Waals surface area contributed by atoms with Crippen molar-refractivity contribution in [3.05, 3.63) is 92.2 Å². The number of rotatable bonds is 3. The molecule has 0 saturated heterocycles. The summed E-state index contributed by atoms with van der Waals surface area (Å²) in [7, 11) is 0. The van der Waals surface area contributed by atoms with Crippen LogP contribution in [0.25, 0.3) is 0 Å². The minimum absolute atomic E-state index is 0.0254. The largest absolute Gasteiger partial charge is 0.384 e. The normalized spacial score (nSPS) is 18.3. The zero-order valence-electron chi connectivity index (χ0n) is 17.7. The summed E-state index contributed by atoms with van der Waals surface area (Å²) in [6.07, 6.45) is -0.111. The molecular weight excluding hydrogens is 374 g/mol. The average molecular weight is 399 g/mol. The molecule has 0 aliphatic carbocycles. The summed E-state index contributed by atoms with van der Waals surface area (Å²) >= 11 is 0. The van der Waals surface area contributed by atoms with Gasteiger partial charge in [0, 0.05) is 17.8 Å². The summed E-state index contributed by atoms with van der Waals surface area (Å²) in [5.74, 6) is 0.399. The molecule has 1 aromatic heterocycles. The van der Waals surface area contributed by atoms with Crippen LogP contribution >= 0.6 is 0 Å². The number of nitrogens with two attached hydrogens (primary N) is 1. The lowest BCUT2D eigenvalue weighted by Gasteiger charge is -2.18. The molecule has 2 bridgehead atoms. The van der Waals surface area contributed by atoms with Crippen molar-refractivity contribution in [3.8, 4) is 0 Å². The standard InChI is InChI=1S/C25H25N3O2/c1-12-7-18-19(8-13(12)2)24-20-10-16(5-6-17(20)23(18)30-24)25(29)27-11-21-14(3)9-22(26)28-15(21)4/h5-10,23-24H,11H2,1-4H3,(H2,26,28)(H,27,29)/t23-,24-/m1/s1. The first-order chi connectivity index (χ1) is 14.3. The van der Waals surface area contributed by atoms with Gasteiger partial charge < -0.3 is 15.8 Å². The number of ether oxygens (including phenoxy) is 1. The van der Waals surface area contributed by atoms with Gasteiger partial charge in [0.05, 0.1) is 0 Å².